The number of hydrogen-bond acceptors (Lipinski definition) is 3. The SMILES string of the molecule is CCc1nc(-c2c(C)nn(CC)c2C)ccc1C(=O)O. The lowest BCUT2D eigenvalue weighted by molar-refractivity contribution is 0.0695. The van der Waals surface area contributed by atoms with Gasteiger partial charge in [0, 0.05) is 17.8 Å². The lowest BCUT2D eigenvalue weighted by Crippen LogP contribution is -2.05. The minimum atomic E-state index is -0.932. The van der Waals surface area contributed by atoms with Gasteiger partial charge in [-0.25, -0.2) is 4.79 Å². The number of carboxylic acids is 1. The van der Waals surface area contributed by atoms with Crippen molar-refractivity contribution in [3.8, 4) is 11.3 Å². The van der Waals surface area contributed by atoms with Crippen LogP contribution in [0.25, 0.3) is 11.3 Å². The van der Waals surface area contributed by atoms with E-state index in [1.807, 2.05) is 32.4 Å². The molecule has 0 unspecified atom stereocenters. The minimum absolute atomic E-state index is 0.273. The Hall–Kier alpha value is -2.17. The molecule has 1 N–H and O–H groups in total. The Morgan fingerprint density at radius 2 is 2.00 bits per heavy atom. The molecule has 0 aliphatic rings. The topological polar surface area (TPSA) is 68.0 Å². The maximum atomic E-state index is 11.2. The zero-order valence-corrected chi connectivity index (χ0v) is 12.3. The number of carboxylic acid groups (broad SMARTS) is 1. The molecule has 5 heteroatoms. The number of pyridine rings is 1. The summed E-state index contributed by atoms with van der Waals surface area (Å²) in [7, 11) is 0. The van der Waals surface area contributed by atoms with E-state index in [2.05, 4.69) is 10.1 Å². The van der Waals surface area contributed by atoms with Gasteiger partial charge in [-0.2, -0.15) is 5.10 Å². The molecule has 0 amide bonds. The van der Waals surface area contributed by atoms with Crippen LogP contribution in [0.4, 0.5) is 0 Å². The summed E-state index contributed by atoms with van der Waals surface area (Å²) in [6.45, 7) is 8.72. The third kappa shape index (κ3) is 2.31. The Morgan fingerprint density at radius 3 is 2.50 bits per heavy atom. The maximum Gasteiger partial charge on any atom is 0.337 e. The van der Waals surface area contributed by atoms with Crippen LogP contribution in [0.15, 0.2) is 12.1 Å². The number of hydrogen-bond donors (Lipinski definition) is 1. The standard InChI is InChI=1S/C15H19N3O2/c1-5-12-11(15(19)20)7-8-13(16-12)14-9(3)17-18(6-2)10(14)4/h7-8H,5-6H2,1-4H3,(H,19,20). The summed E-state index contributed by atoms with van der Waals surface area (Å²) < 4.78 is 1.93. The van der Waals surface area contributed by atoms with E-state index in [4.69, 9.17) is 5.11 Å². The number of rotatable bonds is 4. The minimum Gasteiger partial charge on any atom is -0.478 e. The molecule has 0 saturated carbocycles. The van der Waals surface area contributed by atoms with Crippen molar-refractivity contribution < 1.29 is 9.90 Å². The van der Waals surface area contributed by atoms with Gasteiger partial charge in [-0.3, -0.25) is 9.67 Å². The van der Waals surface area contributed by atoms with Crippen LogP contribution in [0, 0.1) is 13.8 Å². The summed E-state index contributed by atoms with van der Waals surface area (Å²) in [6, 6.07) is 3.39. The molecule has 2 aromatic heterocycles. The summed E-state index contributed by atoms with van der Waals surface area (Å²) in [5.41, 5.74) is 4.65. The molecular formula is C15H19N3O2. The highest BCUT2D eigenvalue weighted by Crippen LogP contribution is 2.26. The van der Waals surface area contributed by atoms with Gasteiger partial charge in [-0.1, -0.05) is 6.92 Å². The van der Waals surface area contributed by atoms with Crippen LogP contribution in [0.1, 0.15) is 41.3 Å². The van der Waals surface area contributed by atoms with Crippen molar-refractivity contribution in [3.63, 3.8) is 0 Å². The van der Waals surface area contributed by atoms with E-state index in [0.717, 1.165) is 29.2 Å². The normalized spacial score (nSPS) is 10.8. The highest BCUT2D eigenvalue weighted by atomic mass is 16.4. The fourth-order valence-electron chi connectivity index (χ4n) is 2.48. The van der Waals surface area contributed by atoms with E-state index in [1.54, 1.807) is 12.1 Å². The van der Waals surface area contributed by atoms with Crippen molar-refractivity contribution in [2.24, 2.45) is 0 Å². The van der Waals surface area contributed by atoms with E-state index in [-0.39, 0.29) is 5.56 Å². The predicted octanol–water partition coefficient (Wildman–Crippen LogP) is 2.84. The van der Waals surface area contributed by atoms with Gasteiger partial charge in [-0.05, 0) is 39.3 Å². The first-order valence-corrected chi connectivity index (χ1v) is 6.77. The van der Waals surface area contributed by atoms with Crippen LogP contribution in [0.2, 0.25) is 0 Å². The number of aromatic carboxylic acids is 1. The largest absolute Gasteiger partial charge is 0.478 e. The lowest BCUT2D eigenvalue weighted by Gasteiger charge is -2.07. The first-order chi connectivity index (χ1) is 9.49. The predicted molar refractivity (Wildman–Crippen MR) is 76.9 cm³/mol. The van der Waals surface area contributed by atoms with Crippen molar-refractivity contribution >= 4 is 5.97 Å². The average molecular weight is 273 g/mol. The van der Waals surface area contributed by atoms with Crippen LogP contribution < -0.4 is 0 Å². The van der Waals surface area contributed by atoms with Crippen LogP contribution in [0.5, 0.6) is 0 Å². The molecule has 0 bridgehead atoms. The molecule has 20 heavy (non-hydrogen) atoms. The third-order valence-corrected chi connectivity index (χ3v) is 3.48. The van der Waals surface area contributed by atoms with Crippen LogP contribution in [-0.2, 0) is 13.0 Å². The molecule has 2 rings (SSSR count). The summed E-state index contributed by atoms with van der Waals surface area (Å²) in [6.07, 6.45) is 0.593. The number of nitrogens with zero attached hydrogens (tertiary/aromatic N) is 3. The van der Waals surface area contributed by atoms with Gasteiger partial charge in [0.25, 0.3) is 0 Å². The van der Waals surface area contributed by atoms with Crippen LogP contribution in [-0.4, -0.2) is 25.8 Å². The fourth-order valence-corrected chi connectivity index (χ4v) is 2.48. The molecule has 0 atom stereocenters. The highest BCUT2D eigenvalue weighted by Gasteiger charge is 2.17. The van der Waals surface area contributed by atoms with E-state index >= 15 is 0 Å². The quantitative estimate of drug-likeness (QED) is 0.930. The Morgan fingerprint density at radius 1 is 1.30 bits per heavy atom. The number of carbonyl (C=O) groups is 1. The Balaban J connectivity index is 2.59. The molecule has 0 saturated heterocycles. The third-order valence-electron chi connectivity index (χ3n) is 3.48. The van der Waals surface area contributed by atoms with Gasteiger partial charge in [0.2, 0.25) is 0 Å². The Bertz CT molecular complexity index is 659. The number of aromatic nitrogens is 3. The molecule has 0 fully saturated rings. The molecule has 0 aliphatic carbocycles. The first-order valence-electron chi connectivity index (χ1n) is 6.77. The smallest absolute Gasteiger partial charge is 0.337 e. The van der Waals surface area contributed by atoms with E-state index in [9.17, 15) is 4.79 Å². The Labute approximate surface area is 118 Å². The van der Waals surface area contributed by atoms with Crippen molar-refractivity contribution in [1.29, 1.82) is 0 Å². The van der Waals surface area contributed by atoms with Crippen molar-refractivity contribution in [2.45, 2.75) is 40.7 Å². The fraction of sp³-hybridized carbons (Fsp3) is 0.400. The molecule has 2 aromatic rings. The Kier molecular flexibility index (Phi) is 3.88. The molecule has 0 radical (unpaired) electrons. The van der Waals surface area contributed by atoms with Crippen LogP contribution in [0.3, 0.4) is 0 Å². The van der Waals surface area contributed by atoms with Crippen LogP contribution >= 0.6 is 0 Å². The average Bonchev–Trinajstić information content (AvgIpc) is 2.72. The molecule has 0 aliphatic heterocycles. The summed E-state index contributed by atoms with van der Waals surface area (Å²) in [5, 5.41) is 13.6. The van der Waals surface area contributed by atoms with Gasteiger partial charge in [0.15, 0.2) is 0 Å². The molecule has 5 nitrogen and oxygen atoms in total. The molecule has 2 heterocycles. The summed E-state index contributed by atoms with van der Waals surface area (Å²) >= 11 is 0. The van der Waals surface area contributed by atoms with E-state index < -0.39 is 5.97 Å². The van der Waals surface area contributed by atoms with Gasteiger partial charge < -0.3 is 5.11 Å². The van der Waals surface area contributed by atoms with Gasteiger partial charge in [-0.15, -0.1) is 0 Å². The maximum absolute atomic E-state index is 11.2. The second-order valence-corrected chi connectivity index (χ2v) is 4.71. The lowest BCUT2D eigenvalue weighted by atomic mass is 10.1. The first kappa shape index (κ1) is 14.2. The van der Waals surface area contributed by atoms with Gasteiger partial charge in [0.05, 0.1) is 22.6 Å². The van der Waals surface area contributed by atoms with Gasteiger partial charge >= 0.3 is 5.97 Å². The zero-order valence-electron chi connectivity index (χ0n) is 12.3. The van der Waals surface area contributed by atoms with E-state index in [0.29, 0.717) is 12.1 Å². The molecule has 0 aromatic carbocycles. The molecule has 106 valence electrons. The van der Waals surface area contributed by atoms with Crippen molar-refractivity contribution in [1.82, 2.24) is 14.8 Å². The van der Waals surface area contributed by atoms with Crippen molar-refractivity contribution in [3.05, 3.63) is 34.8 Å². The van der Waals surface area contributed by atoms with Gasteiger partial charge in [0.1, 0.15) is 0 Å². The monoisotopic (exact) mass is 273 g/mol. The highest BCUT2D eigenvalue weighted by molar-refractivity contribution is 5.89. The summed E-state index contributed by atoms with van der Waals surface area (Å²) in [4.78, 5) is 15.7. The molecular weight excluding hydrogens is 254 g/mol. The van der Waals surface area contributed by atoms with E-state index in [1.165, 1.54) is 0 Å². The zero-order chi connectivity index (χ0) is 14.9. The molecule has 0 spiro atoms. The second-order valence-electron chi connectivity index (χ2n) is 4.71. The number of aryl methyl sites for hydroxylation is 3. The summed E-state index contributed by atoms with van der Waals surface area (Å²) in [5.74, 6) is -0.932. The second kappa shape index (κ2) is 5.45. The van der Waals surface area contributed by atoms with Crippen molar-refractivity contribution in [2.75, 3.05) is 0 Å².